The summed E-state index contributed by atoms with van der Waals surface area (Å²) in [4.78, 5) is 20.5. The molecule has 1 amide bonds. The lowest BCUT2D eigenvalue weighted by Crippen LogP contribution is -2.62. The molecule has 7 unspecified atom stereocenters. The van der Waals surface area contributed by atoms with Crippen molar-refractivity contribution in [3.05, 3.63) is 0 Å². The fourth-order valence-electron chi connectivity index (χ4n) is 11.1. The lowest BCUT2D eigenvalue weighted by molar-refractivity contribution is -0.193. The highest BCUT2D eigenvalue weighted by molar-refractivity contribution is 5.82. The van der Waals surface area contributed by atoms with Crippen molar-refractivity contribution in [3.8, 4) is 0 Å². The van der Waals surface area contributed by atoms with Crippen molar-refractivity contribution in [3.63, 3.8) is 0 Å². The van der Waals surface area contributed by atoms with Gasteiger partial charge in [0.15, 0.2) is 0 Å². The molecule has 0 radical (unpaired) electrons. The molecule has 0 aromatic heterocycles. The predicted molar refractivity (Wildman–Crippen MR) is 162 cm³/mol. The van der Waals surface area contributed by atoms with Crippen molar-refractivity contribution in [2.75, 3.05) is 26.8 Å². The number of ether oxygens (including phenoxy) is 1. The van der Waals surface area contributed by atoms with Crippen LogP contribution in [0.1, 0.15) is 91.9 Å². The van der Waals surface area contributed by atoms with Crippen LogP contribution in [0.4, 0.5) is 0 Å². The number of amides is 1. The molecule has 0 aromatic rings. The molecule has 7 fully saturated rings. The number of carbonyl (C=O) groups excluding carboxylic acids is 1. The smallest absolute Gasteiger partial charge is 0.240 e. The van der Waals surface area contributed by atoms with Gasteiger partial charge in [0.25, 0.3) is 0 Å². The number of hydrogen-bond donors (Lipinski definition) is 4. The lowest BCUT2D eigenvalue weighted by Gasteiger charge is -2.62. The molecule has 2 aliphatic heterocycles. The van der Waals surface area contributed by atoms with E-state index in [-0.39, 0.29) is 30.6 Å². The third-order valence-electron chi connectivity index (χ3n) is 13.5. The second-order valence-corrected chi connectivity index (χ2v) is 15.8. The SMILES string of the molecule is COC1C(CN2O[C@@H](CO)[C@H]([C@H](C)O)[C@H]2C(=O)N[C@H]2CC3C[C@@H]([C@@H]2C)C3(C)C)CCCC1C1CCCC2CCCNC21. The summed E-state index contributed by atoms with van der Waals surface area (Å²) < 4.78 is 6.35. The predicted octanol–water partition coefficient (Wildman–Crippen LogP) is 3.75. The summed E-state index contributed by atoms with van der Waals surface area (Å²) in [5.74, 6) is 3.33. The van der Waals surface area contributed by atoms with Gasteiger partial charge in [0.2, 0.25) is 5.91 Å². The largest absolute Gasteiger partial charge is 0.394 e. The summed E-state index contributed by atoms with van der Waals surface area (Å²) in [6, 6.07) is 0.118. The van der Waals surface area contributed by atoms with Gasteiger partial charge < -0.3 is 25.6 Å². The average Bonchev–Trinajstić information content (AvgIpc) is 3.36. The summed E-state index contributed by atoms with van der Waals surface area (Å²) in [5.41, 5.74) is 0.353. The zero-order valence-corrected chi connectivity index (χ0v) is 26.8. The first-order chi connectivity index (χ1) is 20.1. The fraction of sp³-hybridized carbons (Fsp3) is 0.971. The van der Waals surface area contributed by atoms with Gasteiger partial charge in [-0.25, -0.2) is 0 Å². The van der Waals surface area contributed by atoms with Crippen LogP contribution in [0.5, 0.6) is 0 Å². The van der Waals surface area contributed by atoms with Crippen molar-refractivity contribution in [2.45, 2.75) is 128 Å². The lowest BCUT2D eigenvalue weighted by atomic mass is 9.45. The van der Waals surface area contributed by atoms with Gasteiger partial charge >= 0.3 is 0 Å². The van der Waals surface area contributed by atoms with E-state index in [4.69, 9.17) is 9.57 Å². The highest BCUT2D eigenvalue weighted by Gasteiger charge is 2.58. The van der Waals surface area contributed by atoms with Gasteiger partial charge in [-0.15, -0.1) is 0 Å². The minimum absolute atomic E-state index is 0.0596. The van der Waals surface area contributed by atoms with Crippen molar-refractivity contribution >= 4 is 5.91 Å². The average molecular weight is 590 g/mol. The molecule has 14 atom stereocenters. The minimum atomic E-state index is -0.770. The van der Waals surface area contributed by atoms with E-state index in [9.17, 15) is 15.0 Å². The van der Waals surface area contributed by atoms with E-state index < -0.39 is 24.2 Å². The van der Waals surface area contributed by atoms with Crippen LogP contribution < -0.4 is 10.6 Å². The van der Waals surface area contributed by atoms with Crippen LogP contribution in [0, 0.1) is 52.8 Å². The molecule has 2 heterocycles. The van der Waals surface area contributed by atoms with Crippen LogP contribution in [0.3, 0.4) is 0 Å². The monoisotopic (exact) mass is 589 g/mol. The number of methoxy groups -OCH3 is 1. The fourth-order valence-corrected chi connectivity index (χ4v) is 11.1. The number of fused-ring (bicyclic) bond motifs is 3. The highest BCUT2D eigenvalue weighted by Crippen LogP contribution is 2.61. The summed E-state index contributed by atoms with van der Waals surface area (Å²) in [6.07, 6.45) is 11.0. The first-order valence-electron chi connectivity index (χ1n) is 17.4. The molecule has 240 valence electrons. The molecular formula is C34H59N3O5. The molecule has 42 heavy (non-hydrogen) atoms. The first kappa shape index (κ1) is 31.2. The molecular weight excluding hydrogens is 530 g/mol. The van der Waals surface area contributed by atoms with E-state index in [2.05, 4.69) is 31.4 Å². The maximum absolute atomic E-state index is 14.1. The normalized spacial score (nSPS) is 47.7. The van der Waals surface area contributed by atoms with E-state index in [1.54, 1.807) is 6.92 Å². The van der Waals surface area contributed by atoms with Crippen LogP contribution in [0.25, 0.3) is 0 Å². The molecule has 7 aliphatic rings. The van der Waals surface area contributed by atoms with Gasteiger partial charge in [0.05, 0.1) is 18.8 Å². The van der Waals surface area contributed by atoms with Crippen molar-refractivity contribution in [2.24, 2.45) is 52.8 Å². The molecule has 2 saturated heterocycles. The summed E-state index contributed by atoms with van der Waals surface area (Å²) in [5, 5.41) is 30.3. The summed E-state index contributed by atoms with van der Waals surface area (Å²) in [7, 11) is 1.87. The number of rotatable bonds is 8. The Morgan fingerprint density at radius 3 is 2.55 bits per heavy atom. The molecule has 4 N–H and O–H groups in total. The van der Waals surface area contributed by atoms with E-state index in [1.165, 1.54) is 44.9 Å². The Morgan fingerprint density at radius 2 is 1.86 bits per heavy atom. The van der Waals surface area contributed by atoms with Gasteiger partial charge in [-0.2, -0.15) is 5.06 Å². The Kier molecular flexibility index (Phi) is 9.33. The highest BCUT2D eigenvalue weighted by atomic mass is 16.7. The van der Waals surface area contributed by atoms with Gasteiger partial charge in [0.1, 0.15) is 12.1 Å². The van der Waals surface area contributed by atoms with Crippen molar-refractivity contribution < 1.29 is 24.6 Å². The van der Waals surface area contributed by atoms with E-state index >= 15 is 0 Å². The Balaban J connectivity index is 1.18. The number of carbonyl (C=O) groups is 1. The number of nitrogens with zero attached hydrogens (tertiary/aromatic N) is 1. The Hall–Kier alpha value is -0.770. The van der Waals surface area contributed by atoms with Crippen molar-refractivity contribution in [1.82, 2.24) is 15.7 Å². The second-order valence-electron chi connectivity index (χ2n) is 15.8. The second kappa shape index (κ2) is 12.6. The maximum atomic E-state index is 14.1. The molecule has 7 rings (SSSR count). The zero-order valence-electron chi connectivity index (χ0n) is 26.8. The number of hydrogen-bond acceptors (Lipinski definition) is 7. The van der Waals surface area contributed by atoms with Crippen LogP contribution in [0.2, 0.25) is 0 Å². The van der Waals surface area contributed by atoms with E-state index in [0.29, 0.717) is 47.6 Å². The van der Waals surface area contributed by atoms with E-state index in [1.807, 2.05) is 12.2 Å². The van der Waals surface area contributed by atoms with Crippen LogP contribution in [0.15, 0.2) is 0 Å². The number of aliphatic hydroxyl groups excluding tert-OH is 2. The quantitative estimate of drug-likeness (QED) is 0.342. The topological polar surface area (TPSA) is 103 Å². The third kappa shape index (κ3) is 5.49. The van der Waals surface area contributed by atoms with Crippen molar-refractivity contribution in [1.29, 1.82) is 0 Å². The summed E-state index contributed by atoms with van der Waals surface area (Å²) in [6.45, 7) is 10.3. The Bertz CT molecular complexity index is 944. The van der Waals surface area contributed by atoms with Gasteiger partial charge in [-0.05, 0) is 106 Å². The zero-order chi connectivity index (χ0) is 29.8. The Morgan fingerprint density at radius 1 is 1.12 bits per heavy atom. The molecule has 5 saturated carbocycles. The third-order valence-corrected chi connectivity index (χ3v) is 13.5. The van der Waals surface area contributed by atoms with Gasteiger partial charge in [0, 0.05) is 37.6 Å². The summed E-state index contributed by atoms with van der Waals surface area (Å²) >= 11 is 0. The molecule has 8 heteroatoms. The number of aliphatic hydroxyl groups is 2. The molecule has 8 nitrogen and oxygen atoms in total. The molecule has 2 bridgehead atoms. The number of hydroxylamine groups is 2. The number of piperidine rings is 1. The molecule has 0 spiro atoms. The Labute approximate surface area is 254 Å². The standard InChI is InChI=1S/C34H59N3O5/c1-19-26-15-23(34(26,3)4)16-27(19)36-33(40)31-29(20(2)39)28(18-38)42-37(31)17-22-10-7-13-25(32(22)41-5)24-12-6-9-21-11-8-14-35-30(21)24/h19-32,35,38-39H,6-18H2,1-5H3,(H,36,40)/t19-,20-,21?,22?,23?,24?,25?,26-,27-,28-,29-,30?,31-,32?/m0/s1. The minimum Gasteiger partial charge on any atom is -0.394 e. The van der Waals surface area contributed by atoms with Crippen LogP contribution in [-0.4, -0.2) is 84.4 Å². The first-order valence-corrected chi connectivity index (χ1v) is 17.4. The van der Waals surface area contributed by atoms with Gasteiger partial charge in [-0.1, -0.05) is 33.6 Å². The van der Waals surface area contributed by atoms with Gasteiger partial charge in [-0.3, -0.25) is 9.63 Å². The van der Waals surface area contributed by atoms with E-state index in [0.717, 1.165) is 31.7 Å². The van der Waals surface area contributed by atoms with Crippen LogP contribution in [-0.2, 0) is 14.4 Å². The van der Waals surface area contributed by atoms with Crippen LogP contribution >= 0.6 is 0 Å². The maximum Gasteiger partial charge on any atom is 0.240 e. The molecule has 0 aromatic carbocycles. The number of nitrogens with one attached hydrogen (secondary N) is 2. The molecule has 5 aliphatic carbocycles.